The van der Waals surface area contributed by atoms with Crippen LogP contribution in [0.5, 0.6) is 0 Å². The fraction of sp³-hybridized carbons (Fsp3) is 0.300. The van der Waals surface area contributed by atoms with Crippen LogP contribution in [0.4, 0.5) is 24.5 Å². The van der Waals surface area contributed by atoms with Gasteiger partial charge in [0, 0.05) is 19.7 Å². The molecule has 0 unspecified atom stereocenters. The molecule has 2 N–H and O–H groups in total. The fourth-order valence-electron chi connectivity index (χ4n) is 1.45. The third-order valence-electron chi connectivity index (χ3n) is 2.07. The second kappa shape index (κ2) is 4.03. The van der Waals surface area contributed by atoms with Crippen LogP contribution >= 0.6 is 0 Å². The number of nitrogens with two attached hydrogens (primary N) is 1. The molecule has 16 heavy (non-hydrogen) atoms. The molecular formula is C10H11F3N2O. The number of hydrogen-bond acceptors (Lipinski definition) is 3. The molecule has 88 valence electrons. The highest BCUT2D eigenvalue weighted by Gasteiger charge is 2.32. The number of nitrogen functional groups attached to an aromatic ring is 1. The van der Waals surface area contributed by atoms with Crippen molar-refractivity contribution in [2.75, 3.05) is 24.7 Å². The minimum Gasteiger partial charge on any atom is -0.397 e. The number of alkyl halides is 3. The first kappa shape index (κ1) is 12.4. The summed E-state index contributed by atoms with van der Waals surface area (Å²) < 4.78 is 37.3. The SMILES string of the molecule is CN(C)c1c(N)cc(C(F)(F)F)cc1C=O. The van der Waals surface area contributed by atoms with Crippen LogP contribution in [0.2, 0.25) is 0 Å². The van der Waals surface area contributed by atoms with Gasteiger partial charge in [-0.3, -0.25) is 4.79 Å². The number of carbonyl (C=O) groups is 1. The highest BCUT2D eigenvalue weighted by molar-refractivity contribution is 5.90. The van der Waals surface area contributed by atoms with Gasteiger partial charge in [0.1, 0.15) is 0 Å². The van der Waals surface area contributed by atoms with E-state index in [2.05, 4.69) is 0 Å². The summed E-state index contributed by atoms with van der Waals surface area (Å²) in [5, 5.41) is 0. The molecule has 3 nitrogen and oxygen atoms in total. The molecule has 0 aliphatic rings. The molecule has 0 saturated heterocycles. The van der Waals surface area contributed by atoms with E-state index >= 15 is 0 Å². The number of nitrogens with zero attached hydrogens (tertiary/aromatic N) is 1. The lowest BCUT2D eigenvalue weighted by molar-refractivity contribution is -0.137. The third kappa shape index (κ3) is 2.26. The summed E-state index contributed by atoms with van der Waals surface area (Å²) >= 11 is 0. The number of halogens is 3. The van der Waals surface area contributed by atoms with Gasteiger partial charge < -0.3 is 10.6 Å². The van der Waals surface area contributed by atoms with Crippen LogP contribution < -0.4 is 10.6 Å². The van der Waals surface area contributed by atoms with E-state index in [4.69, 9.17) is 5.73 Å². The number of aldehydes is 1. The van der Waals surface area contributed by atoms with Crippen molar-refractivity contribution in [3.8, 4) is 0 Å². The Labute approximate surface area is 90.6 Å². The first-order valence-electron chi connectivity index (χ1n) is 4.40. The summed E-state index contributed by atoms with van der Waals surface area (Å²) in [5.74, 6) is 0. The van der Waals surface area contributed by atoms with Crippen LogP contribution in [0.15, 0.2) is 12.1 Å². The average molecular weight is 232 g/mol. The van der Waals surface area contributed by atoms with Crippen LogP contribution in [0.3, 0.4) is 0 Å². The van der Waals surface area contributed by atoms with Gasteiger partial charge in [-0.15, -0.1) is 0 Å². The van der Waals surface area contributed by atoms with Crippen molar-refractivity contribution in [3.63, 3.8) is 0 Å². The Hall–Kier alpha value is -1.72. The molecule has 1 aromatic rings. The van der Waals surface area contributed by atoms with E-state index < -0.39 is 11.7 Å². The summed E-state index contributed by atoms with van der Waals surface area (Å²) in [7, 11) is 3.21. The predicted octanol–water partition coefficient (Wildman–Crippen LogP) is 2.17. The quantitative estimate of drug-likeness (QED) is 0.627. The zero-order valence-corrected chi connectivity index (χ0v) is 8.80. The Morgan fingerprint density at radius 3 is 2.25 bits per heavy atom. The number of hydrogen-bond donors (Lipinski definition) is 1. The minimum absolute atomic E-state index is 0.0677. The molecule has 0 amide bonds. The van der Waals surface area contributed by atoms with E-state index in [9.17, 15) is 18.0 Å². The molecule has 0 heterocycles. The first-order chi connectivity index (χ1) is 7.27. The van der Waals surface area contributed by atoms with E-state index in [0.29, 0.717) is 12.0 Å². The monoisotopic (exact) mass is 232 g/mol. The van der Waals surface area contributed by atoms with Gasteiger partial charge in [0.2, 0.25) is 0 Å². The highest BCUT2D eigenvalue weighted by Crippen LogP contribution is 2.35. The molecular weight excluding hydrogens is 221 g/mol. The Balaban J connectivity index is 3.44. The topological polar surface area (TPSA) is 46.3 Å². The van der Waals surface area contributed by atoms with E-state index in [1.165, 1.54) is 4.90 Å². The number of benzene rings is 1. The highest BCUT2D eigenvalue weighted by atomic mass is 19.4. The minimum atomic E-state index is -4.50. The van der Waals surface area contributed by atoms with Crippen LogP contribution in [0.25, 0.3) is 0 Å². The van der Waals surface area contributed by atoms with Gasteiger partial charge >= 0.3 is 6.18 Å². The Kier molecular flexibility index (Phi) is 3.11. The van der Waals surface area contributed by atoms with Crippen molar-refractivity contribution in [2.45, 2.75) is 6.18 Å². The molecule has 0 aromatic heterocycles. The normalized spacial score (nSPS) is 11.3. The summed E-state index contributed by atoms with van der Waals surface area (Å²) in [6.45, 7) is 0. The second-order valence-electron chi connectivity index (χ2n) is 3.51. The van der Waals surface area contributed by atoms with E-state index in [-0.39, 0.29) is 11.3 Å². The predicted molar refractivity (Wildman–Crippen MR) is 55.6 cm³/mol. The Morgan fingerprint density at radius 1 is 1.31 bits per heavy atom. The van der Waals surface area contributed by atoms with Crippen LogP contribution in [0.1, 0.15) is 15.9 Å². The van der Waals surface area contributed by atoms with Crippen molar-refractivity contribution in [1.29, 1.82) is 0 Å². The Morgan fingerprint density at radius 2 is 1.88 bits per heavy atom. The standard InChI is InChI=1S/C10H11F3N2O/c1-15(2)9-6(5-16)3-7(4-8(9)14)10(11,12)13/h3-5H,14H2,1-2H3. The van der Waals surface area contributed by atoms with Gasteiger partial charge in [-0.05, 0) is 12.1 Å². The smallest absolute Gasteiger partial charge is 0.397 e. The van der Waals surface area contributed by atoms with Gasteiger partial charge in [-0.1, -0.05) is 0 Å². The number of rotatable bonds is 2. The van der Waals surface area contributed by atoms with E-state index in [1.807, 2.05) is 0 Å². The molecule has 0 bridgehead atoms. The zero-order valence-electron chi connectivity index (χ0n) is 8.80. The third-order valence-corrected chi connectivity index (χ3v) is 2.07. The van der Waals surface area contributed by atoms with Crippen molar-refractivity contribution in [1.82, 2.24) is 0 Å². The largest absolute Gasteiger partial charge is 0.416 e. The zero-order chi connectivity index (χ0) is 12.5. The molecule has 0 atom stereocenters. The van der Waals surface area contributed by atoms with E-state index in [1.54, 1.807) is 14.1 Å². The maximum Gasteiger partial charge on any atom is 0.416 e. The van der Waals surface area contributed by atoms with Crippen LogP contribution in [-0.2, 0) is 6.18 Å². The molecule has 0 saturated carbocycles. The maximum atomic E-state index is 12.4. The van der Waals surface area contributed by atoms with Crippen molar-refractivity contribution >= 4 is 17.7 Å². The molecule has 0 aliphatic heterocycles. The summed E-state index contributed by atoms with van der Waals surface area (Å²) in [6.07, 6.45) is -4.14. The molecule has 6 heteroatoms. The second-order valence-corrected chi connectivity index (χ2v) is 3.51. The van der Waals surface area contributed by atoms with Crippen LogP contribution in [-0.4, -0.2) is 20.4 Å². The van der Waals surface area contributed by atoms with E-state index in [0.717, 1.165) is 12.1 Å². The molecule has 1 aromatic carbocycles. The van der Waals surface area contributed by atoms with Gasteiger partial charge in [0.05, 0.1) is 16.9 Å². The average Bonchev–Trinajstić information content (AvgIpc) is 2.14. The van der Waals surface area contributed by atoms with Gasteiger partial charge in [0.15, 0.2) is 6.29 Å². The van der Waals surface area contributed by atoms with Gasteiger partial charge in [0.25, 0.3) is 0 Å². The van der Waals surface area contributed by atoms with Crippen molar-refractivity contribution in [3.05, 3.63) is 23.3 Å². The summed E-state index contributed by atoms with van der Waals surface area (Å²) in [4.78, 5) is 12.2. The van der Waals surface area contributed by atoms with Crippen molar-refractivity contribution in [2.24, 2.45) is 0 Å². The molecule has 0 aliphatic carbocycles. The molecule has 0 fully saturated rings. The maximum absolute atomic E-state index is 12.4. The fourth-order valence-corrected chi connectivity index (χ4v) is 1.45. The lowest BCUT2D eigenvalue weighted by Gasteiger charge is -2.19. The molecule has 0 radical (unpaired) electrons. The van der Waals surface area contributed by atoms with Gasteiger partial charge in [-0.25, -0.2) is 0 Å². The number of carbonyl (C=O) groups excluding carboxylic acids is 1. The van der Waals surface area contributed by atoms with Crippen LogP contribution in [0, 0.1) is 0 Å². The lowest BCUT2D eigenvalue weighted by atomic mass is 10.1. The summed E-state index contributed by atoms with van der Waals surface area (Å²) in [5.41, 5.74) is 4.73. The molecule has 0 spiro atoms. The Bertz CT molecular complexity index is 413. The molecule has 1 rings (SSSR count). The number of anilines is 2. The summed E-state index contributed by atoms with van der Waals surface area (Å²) in [6, 6.07) is 1.61. The lowest BCUT2D eigenvalue weighted by Crippen LogP contribution is -2.16. The first-order valence-corrected chi connectivity index (χ1v) is 4.40. The van der Waals surface area contributed by atoms with Gasteiger partial charge in [-0.2, -0.15) is 13.2 Å². The van der Waals surface area contributed by atoms with Crippen molar-refractivity contribution < 1.29 is 18.0 Å².